The van der Waals surface area contributed by atoms with Gasteiger partial charge in [0.1, 0.15) is 11.4 Å². The lowest BCUT2D eigenvalue weighted by atomic mass is 10.2. The SMILES string of the molecule is COc1ccc(NCc2nc(C)no2)c([N+](=O)[O-])c1. The van der Waals surface area contributed by atoms with Crippen LogP contribution in [-0.4, -0.2) is 22.2 Å². The maximum atomic E-state index is 11.0. The molecule has 100 valence electrons. The molecule has 0 bridgehead atoms. The van der Waals surface area contributed by atoms with Crippen LogP contribution in [0.5, 0.6) is 5.75 Å². The lowest BCUT2D eigenvalue weighted by Gasteiger charge is -2.06. The zero-order chi connectivity index (χ0) is 13.8. The second-order valence-corrected chi connectivity index (χ2v) is 3.73. The van der Waals surface area contributed by atoms with Gasteiger partial charge >= 0.3 is 0 Å². The number of benzene rings is 1. The second kappa shape index (κ2) is 5.34. The highest BCUT2D eigenvalue weighted by atomic mass is 16.6. The Kier molecular flexibility index (Phi) is 3.60. The average molecular weight is 264 g/mol. The molecule has 0 saturated carbocycles. The smallest absolute Gasteiger partial charge is 0.296 e. The highest BCUT2D eigenvalue weighted by molar-refractivity contribution is 5.63. The van der Waals surface area contributed by atoms with Crippen molar-refractivity contribution >= 4 is 11.4 Å². The average Bonchev–Trinajstić information content (AvgIpc) is 2.82. The Morgan fingerprint density at radius 2 is 2.32 bits per heavy atom. The normalized spacial score (nSPS) is 10.2. The Labute approximate surface area is 108 Å². The first kappa shape index (κ1) is 12.8. The number of aromatic nitrogens is 2. The molecule has 0 aliphatic carbocycles. The summed E-state index contributed by atoms with van der Waals surface area (Å²) in [5, 5.41) is 17.5. The van der Waals surface area contributed by atoms with E-state index in [0.717, 1.165) is 0 Å². The van der Waals surface area contributed by atoms with Gasteiger partial charge in [0.05, 0.1) is 24.6 Å². The number of nitrogens with one attached hydrogen (secondary N) is 1. The van der Waals surface area contributed by atoms with Gasteiger partial charge in [-0.15, -0.1) is 0 Å². The van der Waals surface area contributed by atoms with Crippen LogP contribution in [0.3, 0.4) is 0 Å². The minimum atomic E-state index is -0.482. The fraction of sp³-hybridized carbons (Fsp3) is 0.273. The van der Waals surface area contributed by atoms with E-state index in [1.54, 1.807) is 19.1 Å². The molecule has 2 rings (SSSR count). The van der Waals surface area contributed by atoms with E-state index in [9.17, 15) is 10.1 Å². The Hall–Kier alpha value is -2.64. The van der Waals surface area contributed by atoms with Crippen LogP contribution in [0.25, 0.3) is 0 Å². The minimum Gasteiger partial charge on any atom is -0.496 e. The van der Waals surface area contributed by atoms with E-state index >= 15 is 0 Å². The molecular formula is C11H12N4O4. The minimum absolute atomic E-state index is 0.0735. The molecule has 2 aromatic rings. The van der Waals surface area contributed by atoms with E-state index in [1.807, 2.05) is 0 Å². The molecule has 0 amide bonds. The Morgan fingerprint density at radius 1 is 1.53 bits per heavy atom. The molecule has 0 atom stereocenters. The quantitative estimate of drug-likeness (QED) is 0.649. The number of methoxy groups -OCH3 is 1. The topological polar surface area (TPSA) is 103 Å². The maximum Gasteiger partial charge on any atom is 0.296 e. The first-order valence-electron chi connectivity index (χ1n) is 5.45. The highest BCUT2D eigenvalue weighted by Crippen LogP contribution is 2.29. The van der Waals surface area contributed by atoms with Crippen LogP contribution in [0.15, 0.2) is 22.7 Å². The third-order valence-electron chi connectivity index (χ3n) is 2.40. The third-order valence-corrected chi connectivity index (χ3v) is 2.40. The van der Waals surface area contributed by atoms with Crippen molar-refractivity contribution < 1.29 is 14.2 Å². The molecule has 0 saturated heterocycles. The fourth-order valence-corrected chi connectivity index (χ4v) is 1.52. The molecule has 0 unspecified atom stereocenters. The molecule has 19 heavy (non-hydrogen) atoms. The van der Waals surface area contributed by atoms with E-state index in [4.69, 9.17) is 9.26 Å². The number of anilines is 1. The highest BCUT2D eigenvalue weighted by Gasteiger charge is 2.15. The van der Waals surface area contributed by atoms with Crippen molar-refractivity contribution in [3.63, 3.8) is 0 Å². The molecule has 1 heterocycles. The summed E-state index contributed by atoms with van der Waals surface area (Å²) in [6.07, 6.45) is 0. The van der Waals surface area contributed by atoms with Gasteiger partial charge in [-0.05, 0) is 19.1 Å². The number of hydrogen-bond acceptors (Lipinski definition) is 7. The summed E-state index contributed by atoms with van der Waals surface area (Å²) in [5.41, 5.74) is 0.289. The van der Waals surface area contributed by atoms with Gasteiger partial charge in [0.15, 0.2) is 5.82 Å². The zero-order valence-electron chi connectivity index (χ0n) is 10.4. The van der Waals surface area contributed by atoms with Gasteiger partial charge in [0.25, 0.3) is 5.69 Å². The lowest BCUT2D eigenvalue weighted by molar-refractivity contribution is -0.384. The first-order chi connectivity index (χ1) is 9.10. The zero-order valence-corrected chi connectivity index (χ0v) is 10.4. The van der Waals surface area contributed by atoms with Crippen molar-refractivity contribution in [3.8, 4) is 5.75 Å². The van der Waals surface area contributed by atoms with Crippen LogP contribution < -0.4 is 10.1 Å². The van der Waals surface area contributed by atoms with Crippen LogP contribution >= 0.6 is 0 Å². The largest absolute Gasteiger partial charge is 0.496 e. The van der Waals surface area contributed by atoms with Gasteiger partial charge in [-0.1, -0.05) is 5.16 Å². The predicted octanol–water partition coefficient (Wildman–Crippen LogP) is 1.91. The summed E-state index contributed by atoms with van der Waals surface area (Å²) in [6.45, 7) is 1.91. The molecule has 8 heteroatoms. The Bertz CT molecular complexity index is 596. The van der Waals surface area contributed by atoms with E-state index in [2.05, 4.69) is 15.5 Å². The van der Waals surface area contributed by atoms with Crippen LogP contribution in [0.4, 0.5) is 11.4 Å². The number of hydrogen-bond donors (Lipinski definition) is 1. The summed E-state index contributed by atoms with van der Waals surface area (Å²) >= 11 is 0. The van der Waals surface area contributed by atoms with E-state index in [-0.39, 0.29) is 12.2 Å². The van der Waals surface area contributed by atoms with Crippen molar-refractivity contribution in [2.45, 2.75) is 13.5 Å². The molecule has 1 aromatic heterocycles. The number of nitro benzene ring substituents is 1. The van der Waals surface area contributed by atoms with Crippen molar-refractivity contribution in [2.75, 3.05) is 12.4 Å². The summed E-state index contributed by atoms with van der Waals surface area (Å²) in [7, 11) is 1.45. The van der Waals surface area contributed by atoms with Gasteiger partial charge in [0, 0.05) is 0 Å². The van der Waals surface area contributed by atoms with Crippen molar-refractivity contribution in [1.29, 1.82) is 0 Å². The summed E-state index contributed by atoms with van der Waals surface area (Å²) < 4.78 is 9.87. The van der Waals surface area contributed by atoms with Gasteiger partial charge < -0.3 is 14.6 Å². The molecule has 0 radical (unpaired) electrons. The number of nitro groups is 1. The number of ether oxygens (including phenoxy) is 1. The lowest BCUT2D eigenvalue weighted by Crippen LogP contribution is -2.03. The molecule has 0 aliphatic heterocycles. The molecule has 1 N–H and O–H groups in total. The standard InChI is InChI=1S/C11H12N4O4/c1-7-13-11(19-14-7)6-12-9-4-3-8(18-2)5-10(9)15(16)17/h3-5,12H,6H2,1-2H3. The van der Waals surface area contributed by atoms with Crippen molar-refractivity contribution in [2.24, 2.45) is 0 Å². The predicted molar refractivity (Wildman–Crippen MR) is 66.0 cm³/mol. The van der Waals surface area contributed by atoms with Crippen LogP contribution in [-0.2, 0) is 6.54 Å². The number of rotatable bonds is 5. The molecule has 1 aromatic carbocycles. The monoisotopic (exact) mass is 264 g/mol. The Balaban J connectivity index is 2.17. The van der Waals surface area contributed by atoms with E-state index in [1.165, 1.54) is 13.2 Å². The second-order valence-electron chi connectivity index (χ2n) is 3.73. The summed E-state index contributed by atoms with van der Waals surface area (Å²) in [5.74, 6) is 1.30. The number of aryl methyl sites for hydroxylation is 1. The maximum absolute atomic E-state index is 11.0. The number of nitrogens with zero attached hydrogens (tertiary/aromatic N) is 3. The van der Waals surface area contributed by atoms with Gasteiger partial charge in [-0.25, -0.2) is 0 Å². The van der Waals surface area contributed by atoms with Crippen LogP contribution in [0.1, 0.15) is 11.7 Å². The van der Waals surface area contributed by atoms with Gasteiger partial charge in [-0.3, -0.25) is 10.1 Å². The Morgan fingerprint density at radius 3 is 2.89 bits per heavy atom. The molecule has 0 fully saturated rings. The molecule has 0 spiro atoms. The summed E-state index contributed by atoms with van der Waals surface area (Å²) in [4.78, 5) is 14.5. The first-order valence-corrected chi connectivity index (χ1v) is 5.45. The van der Waals surface area contributed by atoms with E-state index in [0.29, 0.717) is 23.2 Å². The fourth-order valence-electron chi connectivity index (χ4n) is 1.52. The third kappa shape index (κ3) is 2.97. The van der Waals surface area contributed by atoms with Crippen LogP contribution in [0, 0.1) is 17.0 Å². The molecule has 8 nitrogen and oxygen atoms in total. The molecule has 0 aliphatic rings. The van der Waals surface area contributed by atoms with Crippen molar-refractivity contribution in [3.05, 3.63) is 40.0 Å². The van der Waals surface area contributed by atoms with Gasteiger partial charge in [0.2, 0.25) is 5.89 Å². The molecular weight excluding hydrogens is 252 g/mol. The van der Waals surface area contributed by atoms with Crippen molar-refractivity contribution in [1.82, 2.24) is 10.1 Å². The van der Waals surface area contributed by atoms with Crippen LogP contribution in [0.2, 0.25) is 0 Å². The summed E-state index contributed by atoms with van der Waals surface area (Å²) in [6, 6.07) is 4.55. The van der Waals surface area contributed by atoms with Gasteiger partial charge in [-0.2, -0.15) is 4.98 Å². The van der Waals surface area contributed by atoms with E-state index < -0.39 is 4.92 Å².